The quantitative estimate of drug-likeness (QED) is 0.800. The van der Waals surface area contributed by atoms with Crippen molar-refractivity contribution in [2.45, 2.75) is 32.7 Å². The molecular formula is C20H22BrNO3. The van der Waals surface area contributed by atoms with Crippen molar-refractivity contribution in [3.8, 4) is 11.5 Å². The average molecular weight is 404 g/mol. The number of amides is 1. The van der Waals surface area contributed by atoms with Crippen LogP contribution in [0.25, 0.3) is 0 Å². The monoisotopic (exact) mass is 403 g/mol. The molecule has 1 heterocycles. The first-order chi connectivity index (χ1) is 12.0. The van der Waals surface area contributed by atoms with E-state index in [0.29, 0.717) is 19.6 Å². The number of rotatable bonds is 5. The van der Waals surface area contributed by atoms with Crippen molar-refractivity contribution in [3.63, 3.8) is 0 Å². The Balaban J connectivity index is 1.55. The Hall–Kier alpha value is -2.01. The van der Waals surface area contributed by atoms with Crippen LogP contribution >= 0.6 is 15.9 Å². The largest absolute Gasteiger partial charge is 0.493 e. The number of hydrogen-bond acceptors (Lipinski definition) is 3. The molecule has 1 aliphatic heterocycles. The summed E-state index contributed by atoms with van der Waals surface area (Å²) in [5, 5.41) is 3.09. The van der Waals surface area contributed by atoms with Crippen LogP contribution in [-0.4, -0.2) is 19.1 Å². The van der Waals surface area contributed by atoms with Crippen LogP contribution < -0.4 is 14.8 Å². The summed E-state index contributed by atoms with van der Waals surface area (Å²) in [6, 6.07) is 11.8. The maximum Gasteiger partial charge on any atom is 0.223 e. The summed E-state index contributed by atoms with van der Waals surface area (Å²) in [5.74, 6) is 1.67. The molecule has 0 saturated carbocycles. The van der Waals surface area contributed by atoms with E-state index < -0.39 is 0 Å². The van der Waals surface area contributed by atoms with Crippen molar-refractivity contribution in [1.82, 2.24) is 5.32 Å². The predicted molar refractivity (Wildman–Crippen MR) is 101 cm³/mol. The lowest BCUT2D eigenvalue weighted by Gasteiger charge is -2.27. The van der Waals surface area contributed by atoms with Gasteiger partial charge in [0.05, 0.1) is 25.7 Å². The van der Waals surface area contributed by atoms with Crippen LogP contribution in [0.4, 0.5) is 0 Å². The topological polar surface area (TPSA) is 47.6 Å². The van der Waals surface area contributed by atoms with Gasteiger partial charge in [-0.2, -0.15) is 0 Å². The summed E-state index contributed by atoms with van der Waals surface area (Å²) in [6.45, 7) is 5.06. The molecule has 0 spiro atoms. The van der Waals surface area contributed by atoms with Crippen molar-refractivity contribution in [1.29, 1.82) is 0 Å². The fourth-order valence-corrected chi connectivity index (χ4v) is 3.29. The van der Waals surface area contributed by atoms with Gasteiger partial charge in [0.25, 0.3) is 0 Å². The first kappa shape index (κ1) is 17.8. The van der Waals surface area contributed by atoms with E-state index >= 15 is 0 Å². The Bertz CT molecular complexity index is 776. The number of aryl methyl sites for hydroxylation is 1. The molecule has 0 fully saturated rings. The lowest BCUT2D eigenvalue weighted by atomic mass is 10.0. The molecular weight excluding hydrogens is 382 g/mol. The second-order valence-electron chi connectivity index (χ2n) is 6.24. The molecule has 1 aliphatic rings. The van der Waals surface area contributed by atoms with E-state index in [4.69, 9.17) is 9.47 Å². The molecule has 25 heavy (non-hydrogen) atoms. The standard InChI is InChI=1S/C20H22BrNO3/c1-13-4-3-5-18(14(13)2)24-11-9-20(23)22-17-8-10-25-19-7-6-15(21)12-16(17)19/h3-7,12,17H,8-11H2,1-2H3,(H,22,23). The molecule has 5 heteroatoms. The van der Waals surface area contributed by atoms with E-state index in [-0.39, 0.29) is 11.9 Å². The fourth-order valence-electron chi connectivity index (χ4n) is 2.92. The van der Waals surface area contributed by atoms with Crippen molar-refractivity contribution < 1.29 is 14.3 Å². The third-order valence-corrected chi connectivity index (χ3v) is 4.98. The predicted octanol–water partition coefficient (Wildman–Crippen LogP) is 4.47. The van der Waals surface area contributed by atoms with Crippen molar-refractivity contribution in [2.24, 2.45) is 0 Å². The Kier molecular flexibility index (Phi) is 5.63. The van der Waals surface area contributed by atoms with Crippen LogP contribution in [0.2, 0.25) is 0 Å². The van der Waals surface area contributed by atoms with Gasteiger partial charge in [-0.25, -0.2) is 0 Å². The highest BCUT2D eigenvalue weighted by Gasteiger charge is 2.23. The summed E-state index contributed by atoms with van der Waals surface area (Å²) in [4.78, 5) is 12.3. The minimum absolute atomic E-state index is 0.0110. The second-order valence-corrected chi connectivity index (χ2v) is 7.15. The highest BCUT2D eigenvalue weighted by molar-refractivity contribution is 9.10. The molecule has 2 aromatic carbocycles. The zero-order valence-electron chi connectivity index (χ0n) is 14.5. The van der Waals surface area contributed by atoms with E-state index in [1.54, 1.807) is 0 Å². The number of carbonyl (C=O) groups excluding carboxylic acids is 1. The zero-order chi connectivity index (χ0) is 17.8. The Morgan fingerprint density at radius 3 is 3.00 bits per heavy atom. The molecule has 1 amide bonds. The van der Waals surface area contributed by atoms with Crippen LogP contribution in [0.15, 0.2) is 40.9 Å². The van der Waals surface area contributed by atoms with E-state index in [2.05, 4.69) is 34.2 Å². The van der Waals surface area contributed by atoms with Crippen LogP contribution in [-0.2, 0) is 4.79 Å². The van der Waals surface area contributed by atoms with Gasteiger partial charge in [0.2, 0.25) is 5.91 Å². The van der Waals surface area contributed by atoms with Gasteiger partial charge in [0, 0.05) is 16.5 Å². The molecule has 0 saturated heterocycles. The van der Waals surface area contributed by atoms with Gasteiger partial charge in [0.1, 0.15) is 11.5 Å². The van der Waals surface area contributed by atoms with Crippen molar-refractivity contribution >= 4 is 21.8 Å². The third kappa shape index (κ3) is 4.34. The molecule has 1 atom stereocenters. The molecule has 3 rings (SSSR count). The number of fused-ring (bicyclic) bond motifs is 1. The molecule has 1 N–H and O–H groups in total. The van der Waals surface area contributed by atoms with E-state index in [1.165, 1.54) is 5.56 Å². The number of nitrogens with one attached hydrogen (secondary N) is 1. The summed E-state index contributed by atoms with van der Waals surface area (Å²) in [7, 11) is 0. The Morgan fingerprint density at radius 1 is 1.32 bits per heavy atom. The molecule has 2 aromatic rings. The van der Waals surface area contributed by atoms with E-state index in [0.717, 1.165) is 33.5 Å². The minimum Gasteiger partial charge on any atom is -0.493 e. The number of ether oxygens (including phenoxy) is 2. The Labute approximate surface area is 156 Å². The number of benzene rings is 2. The van der Waals surface area contributed by atoms with E-state index in [9.17, 15) is 4.79 Å². The summed E-state index contributed by atoms with van der Waals surface area (Å²) in [5.41, 5.74) is 3.32. The van der Waals surface area contributed by atoms with Crippen LogP contribution in [0, 0.1) is 13.8 Å². The molecule has 1 unspecified atom stereocenters. The highest BCUT2D eigenvalue weighted by atomic mass is 79.9. The SMILES string of the molecule is Cc1cccc(OCCC(=O)NC2CCOc3ccc(Br)cc32)c1C. The van der Waals surface area contributed by atoms with Gasteiger partial charge in [-0.3, -0.25) is 4.79 Å². The number of hydrogen-bond donors (Lipinski definition) is 1. The van der Waals surface area contributed by atoms with Crippen LogP contribution in [0.1, 0.15) is 35.6 Å². The summed E-state index contributed by atoms with van der Waals surface area (Å²) >= 11 is 3.48. The van der Waals surface area contributed by atoms with Gasteiger partial charge < -0.3 is 14.8 Å². The van der Waals surface area contributed by atoms with Gasteiger partial charge in [-0.05, 0) is 49.2 Å². The first-order valence-corrected chi connectivity index (χ1v) is 9.24. The first-order valence-electron chi connectivity index (χ1n) is 8.45. The van der Waals surface area contributed by atoms with Crippen LogP contribution in [0.5, 0.6) is 11.5 Å². The average Bonchev–Trinajstić information content (AvgIpc) is 2.59. The second kappa shape index (κ2) is 7.91. The minimum atomic E-state index is -0.0190. The van der Waals surface area contributed by atoms with Crippen LogP contribution in [0.3, 0.4) is 0 Å². The molecule has 0 bridgehead atoms. The lowest BCUT2D eigenvalue weighted by Crippen LogP contribution is -2.32. The molecule has 0 aromatic heterocycles. The summed E-state index contributed by atoms with van der Waals surface area (Å²) < 4.78 is 12.4. The van der Waals surface area contributed by atoms with Gasteiger partial charge >= 0.3 is 0 Å². The normalized spacial score (nSPS) is 15.9. The van der Waals surface area contributed by atoms with Crippen molar-refractivity contribution in [3.05, 3.63) is 57.6 Å². The molecule has 0 radical (unpaired) electrons. The van der Waals surface area contributed by atoms with Gasteiger partial charge in [-0.1, -0.05) is 28.1 Å². The van der Waals surface area contributed by atoms with Gasteiger partial charge in [0.15, 0.2) is 0 Å². The fraction of sp³-hybridized carbons (Fsp3) is 0.350. The lowest BCUT2D eigenvalue weighted by molar-refractivity contribution is -0.122. The number of carbonyl (C=O) groups is 1. The molecule has 4 nitrogen and oxygen atoms in total. The maximum absolute atomic E-state index is 12.3. The zero-order valence-corrected chi connectivity index (χ0v) is 16.1. The highest BCUT2D eigenvalue weighted by Crippen LogP contribution is 2.34. The summed E-state index contributed by atoms with van der Waals surface area (Å²) in [6.07, 6.45) is 1.10. The maximum atomic E-state index is 12.3. The third-order valence-electron chi connectivity index (χ3n) is 4.49. The Morgan fingerprint density at radius 2 is 2.16 bits per heavy atom. The van der Waals surface area contributed by atoms with Crippen molar-refractivity contribution in [2.75, 3.05) is 13.2 Å². The molecule has 132 valence electrons. The smallest absolute Gasteiger partial charge is 0.223 e. The molecule has 0 aliphatic carbocycles. The van der Waals surface area contributed by atoms with Gasteiger partial charge in [-0.15, -0.1) is 0 Å². The van der Waals surface area contributed by atoms with E-state index in [1.807, 2.05) is 37.3 Å². The number of halogens is 1.